The second-order valence-electron chi connectivity index (χ2n) is 6.22. The molecule has 4 heteroatoms. The molecule has 1 aromatic heterocycles. The molecular weight excluding hydrogens is 266 g/mol. The van der Waals surface area contributed by atoms with Gasteiger partial charge in [-0.2, -0.15) is 0 Å². The predicted octanol–water partition coefficient (Wildman–Crippen LogP) is 2.62. The summed E-state index contributed by atoms with van der Waals surface area (Å²) in [6.45, 7) is 4.44. The average molecular weight is 287 g/mol. The van der Waals surface area contributed by atoms with Crippen LogP contribution in [0.2, 0.25) is 0 Å². The molecule has 0 saturated heterocycles. The Balaban J connectivity index is 1.69. The second kappa shape index (κ2) is 5.19. The van der Waals surface area contributed by atoms with Gasteiger partial charge < -0.3 is 14.8 Å². The monoisotopic (exact) mass is 287 g/mol. The number of carbonyl (C=O) groups is 1. The van der Waals surface area contributed by atoms with E-state index in [1.54, 1.807) is 6.26 Å². The van der Waals surface area contributed by atoms with Crippen molar-refractivity contribution in [3.63, 3.8) is 0 Å². The Bertz CT molecular complexity index is 683. The van der Waals surface area contributed by atoms with Gasteiger partial charge in [-0.1, -0.05) is 0 Å². The zero-order valence-corrected chi connectivity index (χ0v) is 12.5. The van der Waals surface area contributed by atoms with E-state index in [0.717, 1.165) is 35.8 Å². The highest BCUT2D eigenvalue weighted by Gasteiger charge is 2.34. The minimum Gasteiger partial charge on any atom is -0.464 e. The van der Waals surface area contributed by atoms with Gasteiger partial charge in [0.2, 0.25) is 5.91 Å². The summed E-state index contributed by atoms with van der Waals surface area (Å²) in [6.07, 6.45) is 4.53. The van der Waals surface area contributed by atoms with Crippen LogP contribution in [0.5, 0.6) is 0 Å². The molecular formula is C17H21NO3. The van der Waals surface area contributed by atoms with Crippen molar-refractivity contribution in [2.75, 3.05) is 6.54 Å². The third-order valence-corrected chi connectivity index (χ3v) is 4.52. The van der Waals surface area contributed by atoms with E-state index in [-0.39, 0.29) is 12.3 Å². The van der Waals surface area contributed by atoms with E-state index in [1.165, 1.54) is 11.1 Å². The van der Waals surface area contributed by atoms with E-state index in [2.05, 4.69) is 18.3 Å². The first kappa shape index (κ1) is 14.1. The largest absolute Gasteiger partial charge is 0.464 e. The molecule has 3 rings (SSSR count). The van der Waals surface area contributed by atoms with Crippen molar-refractivity contribution >= 4 is 16.9 Å². The van der Waals surface area contributed by atoms with Crippen LogP contribution in [0.15, 0.2) is 22.8 Å². The number of hydrogen-bond donors (Lipinski definition) is 2. The number of rotatable bonds is 4. The topological polar surface area (TPSA) is 62.5 Å². The number of nitrogens with one attached hydrogen (secondary N) is 1. The lowest BCUT2D eigenvalue weighted by atomic mass is 9.80. The van der Waals surface area contributed by atoms with Gasteiger partial charge in [-0.05, 0) is 56.4 Å². The fourth-order valence-electron chi connectivity index (χ4n) is 2.73. The van der Waals surface area contributed by atoms with Crippen LogP contribution in [-0.4, -0.2) is 23.2 Å². The number of hydrogen-bond acceptors (Lipinski definition) is 3. The SMILES string of the molecule is Cc1cc2occ(CC(=O)NCC3(O)CCC3)c2cc1C. The fraction of sp³-hybridized carbons (Fsp3) is 0.471. The lowest BCUT2D eigenvalue weighted by molar-refractivity contribution is -0.122. The number of carbonyl (C=O) groups excluding carboxylic acids is 1. The molecule has 0 bridgehead atoms. The number of fused-ring (bicyclic) bond motifs is 1. The molecule has 2 N–H and O–H groups in total. The first-order valence-electron chi connectivity index (χ1n) is 7.43. The predicted molar refractivity (Wildman–Crippen MR) is 81.2 cm³/mol. The lowest BCUT2D eigenvalue weighted by Crippen LogP contribution is -2.48. The van der Waals surface area contributed by atoms with Crippen LogP contribution in [0, 0.1) is 13.8 Å². The van der Waals surface area contributed by atoms with Gasteiger partial charge in [0.25, 0.3) is 0 Å². The number of aryl methyl sites for hydroxylation is 2. The smallest absolute Gasteiger partial charge is 0.224 e. The minimum atomic E-state index is -0.679. The van der Waals surface area contributed by atoms with Crippen LogP contribution in [0.4, 0.5) is 0 Å². The van der Waals surface area contributed by atoms with Gasteiger partial charge in [-0.15, -0.1) is 0 Å². The molecule has 0 unspecified atom stereocenters. The number of furan rings is 1. The van der Waals surface area contributed by atoms with Crippen molar-refractivity contribution in [2.24, 2.45) is 0 Å². The van der Waals surface area contributed by atoms with Crippen molar-refractivity contribution in [2.45, 2.75) is 45.1 Å². The Morgan fingerprint density at radius 3 is 2.71 bits per heavy atom. The fourth-order valence-corrected chi connectivity index (χ4v) is 2.73. The zero-order valence-electron chi connectivity index (χ0n) is 12.5. The summed E-state index contributed by atoms with van der Waals surface area (Å²) in [5.41, 5.74) is 3.40. The summed E-state index contributed by atoms with van der Waals surface area (Å²) >= 11 is 0. The molecule has 4 nitrogen and oxygen atoms in total. The van der Waals surface area contributed by atoms with E-state index < -0.39 is 5.60 Å². The van der Waals surface area contributed by atoms with Gasteiger partial charge in [0, 0.05) is 17.5 Å². The second-order valence-corrected chi connectivity index (χ2v) is 6.22. The zero-order chi connectivity index (χ0) is 15.0. The molecule has 2 aromatic rings. The van der Waals surface area contributed by atoms with E-state index in [9.17, 15) is 9.90 Å². The average Bonchev–Trinajstić information content (AvgIpc) is 2.77. The van der Waals surface area contributed by atoms with Crippen LogP contribution in [0.1, 0.15) is 36.0 Å². The highest BCUT2D eigenvalue weighted by atomic mass is 16.3. The first-order valence-corrected chi connectivity index (χ1v) is 7.43. The van der Waals surface area contributed by atoms with Gasteiger partial charge in [0.05, 0.1) is 18.3 Å². The summed E-state index contributed by atoms with van der Waals surface area (Å²) < 4.78 is 5.53. The summed E-state index contributed by atoms with van der Waals surface area (Å²) in [4.78, 5) is 12.0. The van der Waals surface area contributed by atoms with E-state index in [4.69, 9.17) is 4.42 Å². The molecule has 0 radical (unpaired) electrons. The normalized spacial score (nSPS) is 16.7. The van der Waals surface area contributed by atoms with Gasteiger partial charge in [-0.3, -0.25) is 4.79 Å². The molecule has 21 heavy (non-hydrogen) atoms. The molecule has 1 aliphatic rings. The van der Waals surface area contributed by atoms with Gasteiger partial charge in [0.1, 0.15) is 5.58 Å². The number of aliphatic hydroxyl groups is 1. The Hall–Kier alpha value is -1.81. The van der Waals surface area contributed by atoms with Crippen LogP contribution in [-0.2, 0) is 11.2 Å². The van der Waals surface area contributed by atoms with E-state index in [1.807, 2.05) is 13.0 Å². The summed E-state index contributed by atoms with van der Waals surface area (Å²) in [5, 5.41) is 13.8. The molecule has 0 aliphatic heterocycles. The highest BCUT2D eigenvalue weighted by molar-refractivity contribution is 5.88. The van der Waals surface area contributed by atoms with Crippen molar-refractivity contribution in [1.82, 2.24) is 5.32 Å². The lowest BCUT2D eigenvalue weighted by Gasteiger charge is -2.36. The molecule has 1 amide bonds. The van der Waals surface area contributed by atoms with Crippen LogP contribution in [0.25, 0.3) is 11.0 Å². The summed E-state index contributed by atoms with van der Waals surface area (Å²) in [5.74, 6) is -0.0729. The Labute approximate surface area is 124 Å². The standard InChI is InChI=1S/C17H21NO3/c1-11-6-14-13(9-21-15(14)7-12(11)2)8-16(19)18-10-17(20)4-3-5-17/h6-7,9,20H,3-5,8,10H2,1-2H3,(H,18,19). The molecule has 1 heterocycles. The molecule has 1 fully saturated rings. The maximum absolute atomic E-state index is 12.0. The van der Waals surface area contributed by atoms with Gasteiger partial charge in [0.15, 0.2) is 0 Å². The molecule has 0 spiro atoms. The molecule has 1 aliphatic carbocycles. The Morgan fingerprint density at radius 2 is 2.05 bits per heavy atom. The van der Waals surface area contributed by atoms with Gasteiger partial charge in [-0.25, -0.2) is 0 Å². The molecule has 1 aromatic carbocycles. The quantitative estimate of drug-likeness (QED) is 0.908. The molecule has 0 atom stereocenters. The maximum atomic E-state index is 12.0. The number of benzene rings is 1. The molecule has 112 valence electrons. The van der Waals surface area contributed by atoms with E-state index >= 15 is 0 Å². The van der Waals surface area contributed by atoms with Crippen molar-refractivity contribution in [3.05, 3.63) is 35.1 Å². The van der Waals surface area contributed by atoms with Crippen molar-refractivity contribution in [3.8, 4) is 0 Å². The number of amides is 1. The Morgan fingerprint density at radius 1 is 1.33 bits per heavy atom. The summed E-state index contributed by atoms with van der Waals surface area (Å²) in [7, 11) is 0. The van der Waals surface area contributed by atoms with Gasteiger partial charge >= 0.3 is 0 Å². The maximum Gasteiger partial charge on any atom is 0.224 e. The minimum absolute atomic E-state index is 0.0729. The first-order chi connectivity index (χ1) is 9.97. The molecule has 1 saturated carbocycles. The van der Waals surface area contributed by atoms with Crippen LogP contribution in [0.3, 0.4) is 0 Å². The summed E-state index contributed by atoms with van der Waals surface area (Å²) in [6, 6.07) is 4.07. The van der Waals surface area contributed by atoms with Crippen molar-refractivity contribution < 1.29 is 14.3 Å². The van der Waals surface area contributed by atoms with Crippen molar-refractivity contribution in [1.29, 1.82) is 0 Å². The third kappa shape index (κ3) is 2.81. The van der Waals surface area contributed by atoms with Crippen LogP contribution >= 0.6 is 0 Å². The van der Waals surface area contributed by atoms with E-state index in [0.29, 0.717) is 6.54 Å². The highest BCUT2D eigenvalue weighted by Crippen LogP contribution is 2.30. The van der Waals surface area contributed by atoms with Crippen LogP contribution < -0.4 is 5.32 Å². The third-order valence-electron chi connectivity index (χ3n) is 4.52. The Kier molecular flexibility index (Phi) is 3.49.